The first-order valence-corrected chi connectivity index (χ1v) is 6.09. The molecule has 3 aromatic rings. The van der Waals surface area contributed by atoms with Gasteiger partial charge in [0.15, 0.2) is 0 Å². The highest BCUT2D eigenvalue weighted by atomic mass is 16.3. The van der Waals surface area contributed by atoms with Crippen LogP contribution in [0.1, 0.15) is 11.1 Å². The van der Waals surface area contributed by atoms with E-state index < -0.39 is 0 Å². The van der Waals surface area contributed by atoms with Crippen molar-refractivity contribution in [1.82, 2.24) is 4.57 Å². The summed E-state index contributed by atoms with van der Waals surface area (Å²) in [5.41, 5.74) is 3.41. The van der Waals surface area contributed by atoms with Crippen LogP contribution in [0.15, 0.2) is 60.8 Å². The lowest BCUT2D eigenvalue weighted by atomic mass is 10.1. The van der Waals surface area contributed by atoms with Gasteiger partial charge in [-0.2, -0.15) is 0 Å². The largest absolute Gasteiger partial charge is 0.392 e. The highest BCUT2D eigenvalue weighted by molar-refractivity contribution is 5.80. The first-order chi connectivity index (χ1) is 8.86. The van der Waals surface area contributed by atoms with Gasteiger partial charge in [0.1, 0.15) is 0 Å². The average Bonchev–Trinajstić information content (AvgIpc) is 2.82. The van der Waals surface area contributed by atoms with Crippen molar-refractivity contribution in [2.45, 2.75) is 13.2 Å². The van der Waals surface area contributed by atoms with Crippen LogP contribution in [0.5, 0.6) is 0 Å². The topological polar surface area (TPSA) is 25.2 Å². The van der Waals surface area contributed by atoms with Gasteiger partial charge in [0, 0.05) is 18.3 Å². The van der Waals surface area contributed by atoms with E-state index in [0.717, 1.165) is 12.1 Å². The van der Waals surface area contributed by atoms with Crippen molar-refractivity contribution in [2.24, 2.45) is 0 Å². The van der Waals surface area contributed by atoms with Crippen molar-refractivity contribution in [3.8, 4) is 0 Å². The lowest BCUT2D eigenvalue weighted by Crippen LogP contribution is -1.97. The zero-order valence-corrected chi connectivity index (χ0v) is 10.1. The summed E-state index contributed by atoms with van der Waals surface area (Å²) in [7, 11) is 0. The summed E-state index contributed by atoms with van der Waals surface area (Å²) >= 11 is 0. The number of hydrogen-bond donors (Lipinski definition) is 1. The molecule has 0 amide bonds. The standard InChI is InChI=1S/C16H15NO/c18-12-14-6-7-15-8-9-17(16(15)10-14)11-13-4-2-1-3-5-13/h1-10,18H,11-12H2. The van der Waals surface area contributed by atoms with E-state index in [9.17, 15) is 5.11 Å². The number of aliphatic hydroxyl groups excluding tert-OH is 1. The number of hydrogen-bond acceptors (Lipinski definition) is 1. The van der Waals surface area contributed by atoms with E-state index in [0.29, 0.717) is 0 Å². The summed E-state index contributed by atoms with van der Waals surface area (Å²) in [6, 6.07) is 18.6. The zero-order valence-electron chi connectivity index (χ0n) is 10.1. The minimum atomic E-state index is 0.0897. The second-order valence-corrected chi connectivity index (χ2v) is 4.48. The third-order valence-corrected chi connectivity index (χ3v) is 3.22. The van der Waals surface area contributed by atoms with E-state index in [4.69, 9.17) is 0 Å². The molecule has 0 aliphatic carbocycles. The fraction of sp³-hybridized carbons (Fsp3) is 0.125. The molecule has 2 nitrogen and oxygen atoms in total. The Labute approximate surface area is 106 Å². The van der Waals surface area contributed by atoms with E-state index >= 15 is 0 Å². The molecule has 0 atom stereocenters. The van der Waals surface area contributed by atoms with Crippen LogP contribution in [0.3, 0.4) is 0 Å². The van der Waals surface area contributed by atoms with Gasteiger partial charge < -0.3 is 9.67 Å². The maximum Gasteiger partial charge on any atom is 0.0682 e. The van der Waals surface area contributed by atoms with Gasteiger partial charge in [-0.1, -0.05) is 42.5 Å². The monoisotopic (exact) mass is 237 g/mol. The molecule has 0 saturated carbocycles. The summed E-state index contributed by atoms with van der Waals surface area (Å²) in [5, 5.41) is 10.4. The van der Waals surface area contributed by atoms with Crippen LogP contribution in [-0.4, -0.2) is 9.67 Å². The van der Waals surface area contributed by atoms with Crippen LogP contribution in [0.25, 0.3) is 10.9 Å². The molecule has 0 radical (unpaired) electrons. The van der Waals surface area contributed by atoms with Gasteiger partial charge in [-0.15, -0.1) is 0 Å². The second-order valence-electron chi connectivity index (χ2n) is 4.48. The van der Waals surface area contributed by atoms with E-state index in [1.165, 1.54) is 16.5 Å². The molecule has 0 saturated heterocycles. The lowest BCUT2D eigenvalue weighted by molar-refractivity contribution is 0.282. The molecule has 3 rings (SSSR count). The molecular weight excluding hydrogens is 222 g/mol. The summed E-state index contributed by atoms with van der Waals surface area (Å²) in [6.07, 6.45) is 2.10. The fourth-order valence-corrected chi connectivity index (χ4v) is 2.25. The number of nitrogens with zero attached hydrogens (tertiary/aromatic N) is 1. The molecule has 0 bridgehead atoms. The summed E-state index contributed by atoms with van der Waals surface area (Å²) in [4.78, 5) is 0. The molecule has 0 unspecified atom stereocenters. The Hall–Kier alpha value is -2.06. The number of aromatic nitrogens is 1. The minimum Gasteiger partial charge on any atom is -0.392 e. The van der Waals surface area contributed by atoms with Crippen molar-refractivity contribution in [1.29, 1.82) is 0 Å². The van der Waals surface area contributed by atoms with E-state index in [1.807, 2.05) is 12.1 Å². The predicted octanol–water partition coefficient (Wildman–Crippen LogP) is 3.18. The van der Waals surface area contributed by atoms with Crippen LogP contribution in [0.2, 0.25) is 0 Å². The molecule has 2 aromatic carbocycles. The number of aliphatic hydroxyl groups is 1. The number of rotatable bonds is 3. The van der Waals surface area contributed by atoms with Crippen LogP contribution in [-0.2, 0) is 13.2 Å². The lowest BCUT2D eigenvalue weighted by Gasteiger charge is -2.06. The molecule has 0 aliphatic heterocycles. The Balaban J connectivity index is 2.01. The molecule has 1 N–H and O–H groups in total. The molecule has 2 heteroatoms. The van der Waals surface area contributed by atoms with Gasteiger partial charge in [0.05, 0.1) is 6.61 Å². The van der Waals surface area contributed by atoms with Gasteiger partial charge in [-0.05, 0) is 28.6 Å². The molecule has 0 fully saturated rings. The van der Waals surface area contributed by atoms with Crippen molar-refractivity contribution in [3.63, 3.8) is 0 Å². The van der Waals surface area contributed by atoms with Crippen LogP contribution in [0, 0.1) is 0 Å². The third-order valence-electron chi connectivity index (χ3n) is 3.22. The number of fused-ring (bicyclic) bond motifs is 1. The summed E-state index contributed by atoms with van der Waals surface area (Å²) < 4.78 is 2.21. The molecule has 90 valence electrons. The maximum absolute atomic E-state index is 9.21. The van der Waals surface area contributed by atoms with Gasteiger partial charge in [-0.3, -0.25) is 0 Å². The minimum absolute atomic E-state index is 0.0897. The van der Waals surface area contributed by atoms with Crippen LogP contribution in [0.4, 0.5) is 0 Å². The van der Waals surface area contributed by atoms with E-state index in [2.05, 4.69) is 53.2 Å². The second kappa shape index (κ2) is 4.67. The van der Waals surface area contributed by atoms with Crippen molar-refractivity contribution in [2.75, 3.05) is 0 Å². The van der Waals surface area contributed by atoms with E-state index in [1.54, 1.807) is 0 Å². The molecule has 1 heterocycles. The molecule has 0 spiro atoms. The van der Waals surface area contributed by atoms with Gasteiger partial charge in [0.25, 0.3) is 0 Å². The Morgan fingerprint density at radius 1 is 0.889 bits per heavy atom. The summed E-state index contributed by atoms with van der Waals surface area (Å²) in [6.45, 7) is 0.950. The smallest absolute Gasteiger partial charge is 0.0682 e. The first kappa shape index (κ1) is 11.1. The van der Waals surface area contributed by atoms with Crippen molar-refractivity contribution >= 4 is 10.9 Å². The van der Waals surface area contributed by atoms with Gasteiger partial charge in [0.2, 0.25) is 0 Å². The SMILES string of the molecule is OCc1ccc2ccn(Cc3ccccc3)c2c1. The predicted molar refractivity (Wildman–Crippen MR) is 73.4 cm³/mol. The van der Waals surface area contributed by atoms with Crippen molar-refractivity contribution < 1.29 is 5.11 Å². The molecule has 1 aromatic heterocycles. The summed E-state index contributed by atoms with van der Waals surface area (Å²) in [5.74, 6) is 0. The average molecular weight is 237 g/mol. The van der Waals surface area contributed by atoms with Crippen molar-refractivity contribution in [3.05, 3.63) is 71.9 Å². The molecule has 18 heavy (non-hydrogen) atoms. The fourth-order valence-electron chi connectivity index (χ4n) is 2.25. The highest BCUT2D eigenvalue weighted by Gasteiger charge is 2.02. The first-order valence-electron chi connectivity index (χ1n) is 6.09. The Morgan fingerprint density at radius 3 is 2.50 bits per heavy atom. The Bertz CT molecular complexity index is 655. The molecule has 0 aliphatic rings. The quantitative estimate of drug-likeness (QED) is 0.743. The van der Waals surface area contributed by atoms with Crippen LogP contribution >= 0.6 is 0 Å². The normalized spacial score (nSPS) is 10.9. The highest BCUT2D eigenvalue weighted by Crippen LogP contribution is 2.19. The van der Waals surface area contributed by atoms with Gasteiger partial charge in [-0.25, -0.2) is 0 Å². The molecular formula is C16H15NO. The maximum atomic E-state index is 9.21. The van der Waals surface area contributed by atoms with E-state index in [-0.39, 0.29) is 6.61 Å². The Morgan fingerprint density at radius 2 is 1.72 bits per heavy atom. The van der Waals surface area contributed by atoms with Gasteiger partial charge >= 0.3 is 0 Å². The zero-order chi connectivity index (χ0) is 12.4. The Kier molecular flexibility index (Phi) is 2.87. The third kappa shape index (κ3) is 2.03. The number of benzene rings is 2. The van der Waals surface area contributed by atoms with Crippen LogP contribution < -0.4 is 0 Å².